The standard InChI is InChI=1S/C19H23NO2/c1-15(13-18(21)22)20-19(2,17-11-7-4-8-12-17)14-16-9-5-3-6-10-16/h3-12,15,20H,13-14H2,1-2H3,(H,21,22)/t15-,19-/m0/s1. The van der Waals surface area contributed by atoms with Crippen LogP contribution in [0, 0.1) is 0 Å². The molecule has 116 valence electrons. The predicted octanol–water partition coefficient (Wildman–Crippen LogP) is 3.60. The van der Waals surface area contributed by atoms with Crippen LogP contribution in [0.25, 0.3) is 0 Å². The van der Waals surface area contributed by atoms with Gasteiger partial charge >= 0.3 is 5.97 Å². The number of hydrogen-bond donors (Lipinski definition) is 2. The molecular weight excluding hydrogens is 274 g/mol. The van der Waals surface area contributed by atoms with Crippen molar-refractivity contribution in [1.82, 2.24) is 5.32 Å². The van der Waals surface area contributed by atoms with Crippen molar-refractivity contribution in [2.75, 3.05) is 0 Å². The average molecular weight is 297 g/mol. The van der Waals surface area contributed by atoms with Crippen LogP contribution < -0.4 is 5.32 Å². The summed E-state index contributed by atoms with van der Waals surface area (Å²) in [5.74, 6) is -0.782. The van der Waals surface area contributed by atoms with E-state index in [1.807, 2.05) is 43.3 Å². The maximum Gasteiger partial charge on any atom is 0.304 e. The van der Waals surface area contributed by atoms with Crippen molar-refractivity contribution in [3.63, 3.8) is 0 Å². The summed E-state index contributed by atoms with van der Waals surface area (Å²) in [6, 6.07) is 20.4. The van der Waals surface area contributed by atoms with Crippen LogP contribution in [0.2, 0.25) is 0 Å². The molecule has 0 saturated heterocycles. The molecule has 2 N–H and O–H groups in total. The van der Waals surface area contributed by atoms with Crippen LogP contribution in [0.1, 0.15) is 31.4 Å². The van der Waals surface area contributed by atoms with E-state index in [0.29, 0.717) is 0 Å². The number of rotatable bonds is 7. The van der Waals surface area contributed by atoms with E-state index in [4.69, 9.17) is 5.11 Å². The first kappa shape index (κ1) is 16.2. The molecule has 0 aliphatic heterocycles. The number of carboxylic acid groups (broad SMARTS) is 1. The quantitative estimate of drug-likeness (QED) is 0.821. The first-order chi connectivity index (χ1) is 10.5. The molecule has 0 spiro atoms. The Kier molecular flexibility index (Phi) is 5.34. The molecule has 2 aromatic rings. The maximum atomic E-state index is 11.0. The summed E-state index contributed by atoms with van der Waals surface area (Å²) in [6.07, 6.45) is 0.916. The predicted molar refractivity (Wildman–Crippen MR) is 88.8 cm³/mol. The fourth-order valence-corrected chi connectivity index (χ4v) is 2.90. The Labute approximate surface area is 132 Å². The first-order valence-corrected chi connectivity index (χ1v) is 7.58. The van der Waals surface area contributed by atoms with Gasteiger partial charge < -0.3 is 10.4 Å². The molecule has 2 rings (SSSR count). The van der Waals surface area contributed by atoms with Crippen molar-refractivity contribution in [3.05, 3.63) is 71.8 Å². The highest BCUT2D eigenvalue weighted by Gasteiger charge is 2.28. The van der Waals surface area contributed by atoms with Crippen molar-refractivity contribution in [2.45, 2.75) is 38.3 Å². The SMILES string of the molecule is C[C@@H](CC(=O)O)N[C@@](C)(Cc1ccccc1)c1ccccc1. The Morgan fingerprint density at radius 3 is 2.18 bits per heavy atom. The van der Waals surface area contributed by atoms with Gasteiger partial charge in [0.15, 0.2) is 0 Å². The zero-order valence-electron chi connectivity index (χ0n) is 13.1. The van der Waals surface area contributed by atoms with Gasteiger partial charge in [-0.2, -0.15) is 0 Å². The molecule has 2 atom stereocenters. The average Bonchev–Trinajstić information content (AvgIpc) is 2.48. The van der Waals surface area contributed by atoms with Gasteiger partial charge in [-0.25, -0.2) is 0 Å². The van der Waals surface area contributed by atoms with Crippen LogP contribution in [0.5, 0.6) is 0 Å². The van der Waals surface area contributed by atoms with Gasteiger partial charge in [-0.3, -0.25) is 4.79 Å². The van der Waals surface area contributed by atoms with Crippen LogP contribution >= 0.6 is 0 Å². The lowest BCUT2D eigenvalue weighted by Crippen LogP contribution is -2.47. The van der Waals surface area contributed by atoms with Gasteiger partial charge in [-0.1, -0.05) is 60.7 Å². The second kappa shape index (κ2) is 7.23. The molecule has 0 fully saturated rings. The third kappa shape index (κ3) is 4.43. The smallest absolute Gasteiger partial charge is 0.304 e. The maximum absolute atomic E-state index is 11.0. The van der Waals surface area contributed by atoms with E-state index in [1.54, 1.807) is 0 Å². The lowest BCUT2D eigenvalue weighted by Gasteiger charge is -2.34. The van der Waals surface area contributed by atoms with Crippen LogP contribution in [0.4, 0.5) is 0 Å². The largest absolute Gasteiger partial charge is 0.481 e. The van der Waals surface area contributed by atoms with E-state index < -0.39 is 5.97 Å². The summed E-state index contributed by atoms with van der Waals surface area (Å²) < 4.78 is 0. The zero-order chi connectivity index (χ0) is 16.0. The molecule has 2 aromatic carbocycles. The Hall–Kier alpha value is -2.13. The molecule has 0 aliphatic rings. The molecule has 0 saturated carbocycles. The number of carbonyl (C=O) groups is 1. The van der Waals surface area contributed by atoms with E-state index in [-0.39, 0.29) is 18.0 Å². The van der Waals surface area contributed by atoms with Crippen molar-refractivity contribution in [3.8, 4) is 0 Å². The monoisotopic (exact) mass is 297 g/mol. The fourth-order valence-electron chi connectivity index (χ4n) is 2.90. The van der Waals surface area contributed by atoms with Crippen molar-refractivity contribution < 1.29 is 9.90 Å². The molecule has 0 radical (unpaired) electrons. The highest BCUT2D eigenvalue weighted by molar-refractivity contribution is 5.67. The number of carboxylic acids is 1. The van der Waals surface area contributed by atoms with E-state index in [1.165, 1.54) is 5.56 Å². The Bertz CT molecular complexity index is 597. The Morgan fingerprint density at radius 2 is 1.64 bits per heavy atom. The lowest BCUT2D eigenvalue weighted by molar-refractivity contribution is -0.137. The highest BCUT2D eigenvalue weighted by atomic mass is 16.4. The molecular formula is C19H23NO2. The topological polar surface area (TPSA) is 49.3 Å². The van der Waals surface area contributed by atoms with Gasteiger partial charge in [0, 0.05) is 11.6 Å². The normalized spacial score (nSPS) is 15.0. The summed E-state index contributed by atoms with van der Waals surface area (Å²) in [5.41, 5.74) is 2.08. The summed E-state index contributed by atoms with van der Waals surface area (Å²) in [5, 5.41) is 12.5. The minimum absolute atomic E-state index is 0.105. The number of nitrogens with one attached hydrogen (secondary N) is 1. The van der Waals surface area contributed by atoms with Gasteiger partial charge in [0.2, 0.25) is 0 Å². The van der Waals surface area contributed by atoms with E-state index in [0.717, 1.165) is 12.0 Å². The number of benzene rings is 2. The van der Waals surface area contributed by atoms with Crippen LogP contribution in [0.15, 0.2) is 60.7 Å². The minimum atomic E-state index is -0.782. The molecule has 0 unspecified atom stereocenters. The number of aliphatic carboxylic acids is 1. The summed E-state index contributed by atoms with van der Waals surface area (Å²) in [6.45, 7) is 4.05. The molecule has 0 aromatic heterocycles. The second-order valence-electron chi connectivity index (χ2n) is 6.00. The van der Waals surface area contributed by atoms with Crippen molar-refractivity contribution in [2.24, 2.45) is 0 Å². The van der Waals surface area contributed by atoms with E-state index in [2.05, 4.69) is 36.5 Å². The van der Waals surface area contributed by atoms with Crippen LogP contribution in [0.3, 0.4) is 0 Å². The fraction of sp³-hybridized carbons (Fsp3) is 0.316. The zero-order valence-corrected chi connectivity index (χ0v) is 13.1. The van der Waals surface area contributed by atoms with E-state index in [9.17, 15) is 4.79 Å². The molecule has 0 bridgehead atoms. The highest BCUT2D eigenvalue weighted by Crippen LogP contribution is 2.26. The molecule has 0 amide bonds. The van der Waals surface area contributed by atoms with Crippen LogP contribution in [-0.4, -0.2) is 17.1 Å². The molecule has 0 aliphatic carbocycles. The molecule has 3 heteroatoms. The summed E-state index contributed by atoms with van der Waals surface area (Å²) >= 11 is 0. The number of hydrogen-bond acceptors (Lipinski definition) is 2. The third-order valence-electron chi connectivity index (χ3n) is 3.86. The van der Waals surface area contributed by atoms with Crippen molar-refractivity contribution >= 4 is 5.97 Å². The van der Waals surface area contributed by atoms with Gasteiger partial charge in [0.25, 0.3) is 0 Å². The van der Waals surface area contributed by atoms with Crippen molar-refractivity contribution in [1.29, 1.82) is 0 Å². The minimum Gasteiger partial charge on any atom is -0.481 e. The summed E-state index contributed by atoms with van der Waals surface area (Å²) in [4.78, 5) is 11.0. The second-order valence-corrected chi connectivity index (χ2v) is 6.00. The van der Waals surface area contributed by atoms with Gasteiger partial charge in [-0.05, 0) is 31.4 Å². The lowest BCUT2D eigenvalue weighted by atomic mass is 9.84. The van der Waals surface area contributed by atoms with Crippen LogP contribution in [-0.2, 0) is 16.8 Å². The molecule has 0 heterocycles. The summed E-state index contributed by atoms with van der Waals surface area (Å²) in [7, 11) is 0. The Balaban J connectivity index is 2.26. The van der Waals surface area contributed by atoms with Gasteiger partial charge in [0.1, 0.15) is 0 Å². The first-order valence-electron chi connectivity index (χ1n) is 7.58. The molecule has 3 nitrogen and oxygen atoms in total. The molecule has 22 heavy (non-hydrogen) atoms. The van der Waals surface area contributed by atoms with E-state index >= 15 is 0 Å². The van der Waals surface area contributed by atoms with Gasteiger partial charge in [0.05, 0.1) is 6.42 Å². The van der Waals surface area contributed by atoms with Gasteiger partial charge in [-0.15, -0.1) is 0 Å². The third-order valence-corrected chi connectivity index (χ3v) is 3.86. The Morgan fingerprint density at radius 1 is 1.09 bits per heavy atom.